The van der Waals surface area contributed by atoms with Gasteiger partial charge in [0, 0.05) is 51.0 Å². The first kappa shape index (κ1) is 19.7. The van der Waals surface area contributed by atoms with E-state index in [-0.39, 0.29) is 11.9 Å². The molecule has 7 heteroatoms. The van der Waals surface area contributed by atoms with Crippen molar-refractivity contribution in [2.24, 2.45) is 0 Å². The molecule has 0 bridgehead atoms. The van der Waals surface area contributed by atoms with Gasteiger partial charge in [0.2, 0.25) is 0 Å². The number of β-amino-alcohol motifs (C(OH)–C–C–N with tert-alkyl or cyclic N) is 1. The quantitative estimate of drug-likeness (QED) is 0.843. The normalized spacial score (nSPS) is 22.7. The van der Waals surface area contributed by atoms with Crippen LogP contribution in [0.25, 0.3) is 0 Å². The van der Waals surface area contributed by atoms with Crippen molar-refractivity contribution in [3.63, 3.8) is 0 Å². The molecule has 0 aliphatic carbocycles. The maximum absolute atomic E-state index is 12.8. The summed E-state index contributed by atoms with van der Waals surface area (Å²) in [6, 6.07) is 11.1. The lowest BCUT2D eigenvalue weighted by Crippen LogP contribution is -2.54. The SMILES string of the molecule is COc1ccc(C(=O)N2C[C@H](O)[C@@H](N3CCN(c4ncccc4C)CC3)C2)cc1. The standard InChI is InChI=1S/C22H28N4O3/c1-16-4-3-9-23-21(16)25-12-10-24(11-13-25)19-14-26(15-20(19)27)22(28)17-5-7-18(29-2)8-6-17/h3-9,19-20,27H,10-15H2,1-2H3/t19-,20-/m0/s1. The van der Waals surface area contributed by atoms with Gasteiger partial charge in [0.15, 0.2) is 0 Å². The number of likely N-dealkylation sites (tertiary alicyclic amines) is 1. The first-order valence-corrected chi connectivity index (χ1v) is 10.1. The molecule has 2 atom stereocenters. The van der Waals surface area contributed by atoms with Gasteiger partial charge in [-0.3, -0.25) is 9.69 Å². The highest BCUT2D eigenvalue weighted by Gasteiger charge is 2.39. The molecule has 2 saturated heterocycles. The van der Waals surface area contributed by atoms with E-state index in [0.717, 1.165) is 37.7 Å². The lowest BCUT2D eigenvalue weighted by Gasteiger charge is -2.39. The van der Waals surface area contributed by atoms with E-state index in [1.54, 1.807) is 36.3 Å². The van der Waals surface area contributed by atoms with Crippen molar-refractivity contribution in [1.29, 1.82) is 0 Å². The van der Waals surface area contributed by atoms with Crippen LogP contribution in [0.4, 0.5) is 5.82 Å². The number of ether oxygens (including phenoxy) is 1. The van der Waals surface area contributed by atoms with Gasteiger partial charge >= 0.3 is 0 Å². The summed E-state index contributed by atoms with van der Waals surface area (Å²) < 4.78 is 5.16. The van der Waals surface area contributed by atoms with Crippen molar-refractivity contribution in [2.45, 2.75) is 19.1 Å². The van der Waals surface area contributed by atoms with Crippen LogP contribution in [0.1, 0.15) is 15.9 Å². The van der Waals surface area contributed by atoms with Crippen LogP contribution in [0.2, 0.25) is 0 Å². The fourth-order valence-corrected chi connectivity index (χ4v) is 4.28. The Morgan fingerprint density at radius 1 is 1.10 bits per heavy atom. The van der Waals surface area contributed by atoms with E-state index in [4.69, 9.17) is 4.74 Å². The fourth-order valence-electron chi connectivity index (χ4n) is 4.28. The van der Waals surface area contributed by atoms with E-state index in [1.807, 2.05) is 12.3 Å². The fraction of sp³-hybridized carbons (Fsp3) is 0.455. The highest BCUT2D eigenvalue weighted by molar-refractivity contribution is 5.94. The molecule has 0 spiro atoms. The van der Waals surface area contributed by atoms with Crippen molar-refractivity contribution < 1.29 is 14.6 Å². The summed E-state index contributed by atoms with van der Waals surface area (Å²) in [7, 11) is 1.60. The Kier molecular flexibility index (Phi) is 5.69. The van der Waals surface area contributed by atoms with Crippen LogP contribution >= 0.6 is 0 Å². The van der Waals surface area contributed by atoms with E-state index in [2.05, 4.69) is 27.8 Å². The number of pyridine rings is 1. The Balaban J connectivity index is 1.36. The Hall–Kier alpha value is -2.64. The van der Waals surface area contributed by atoms with Gasteiger partial charge in [-0.15, -0.1) is 0 Å². The monoisotopic (exact) mass is 396 g/mol. The molecule has 29 heavy (non-hydrogen) atoms. The van der Waals surface area contributed by atoms with Gasteiger partial charge in [0.05, 0.1) is 19.3 Å². The van der Waals surface area contributed by atoms with E-state index < -0.39 is 6.10 Å². The average Bonchev–Trinajstić information content (AvgIpc) is 3.15. The largest absolute Gasteiger partial charge is 0.497 e. The number of anilines is 1. The number of methoxy groups -OCH3 is 1. The number of hydrogen-bond acceptors (Lipinski definition) is 6. The summed E-state index contributed by atoms with van der Waals surface area (Å²) in [5, 5.41) is 10.6. The molecule has 2 aliphatic heterocycles. The molecule has 4 rings (SSSR count). The number of carbonyl (C=O) groups is 1. The Morgan fingerprint density at radius 2 is 1.83 bits per heavy atom. The van der Waals surface area contributed by atoms with Gasteiger partial charge in [0.1, 0.15) is 11.6 Å². The predicted molar refractivity (Wildman–Crippen MR) is 111 cm³/mol. The minimum absolute atomic E-state index is 0.0239. The van der Waals surface area contributed by atoms with E-state index in [1.165, 1.54) is 5.56 Å². The molecule has 2 aliphatic rings. The van der Waals surface area contributed by atoms with Gasteiger partial charge < -0.3 is 19.6 Å². The molecule has 0 saturated carbocycles. The lowest BCUT2D eigenvalue weighted by atomic mass is 10.1. The number of aryl methyl sites for hydroxylation is 1. The number of nitrogens with zero attached hydrogens (tertiary/aromatic N) is 4. The van der Waals surface area contributed by atoms with Gasteiger partial charge in [-0.1, -0.05) is 6.07 Å². The Labute approximate surface area is 171 Å². The first-order valence-electron chi connectivity index (χ1n) is 10.1. The molecule has 7 nitrogen and oxygen atoms in total. The number of rotatable bonds is 4. The number of piperazine rings is 1. The van der Waals surface area contributed by atoms with Crippen LogP contribution < -0.4 is 9.64 Å². The van der Waals surface area contributed by atoms with E-state index in [9.17, 15) is 9.90 Å². The molecular weight excluding hydrogens is 368 g/mol. The number of aliphatic hydroxyl groups excluding tert-OH is 1. The van der Waals surface area contributed by atoms with Crippen LogP contribution in [0, 0.1) is 6.92 Å². The zero-order chi connectivity index (χ0) is 20.4. The number of hydrogen-bond donors (Lipinski definition) is 1. The number of aromatic nitrogens is 1. The number of carbonyl (C=O) groups excluding carboxylic acids is 1. The predicted octanol–water partition coefficient (Wildman–Crippen LogP) is 1.41. The topological polar surface area (TPSA) is 69.1 Å². The third-order valence-electron chi connectivity index (χ3n) is 5.95. The molecule has 0 radical (unpaired) electrons. The molecule has 1 aromatic carbocycles. The molecule has 2 fully saturated rings. The third kappa shape index (κ3) is 4.06. The van der Waals surface area contributed by atoms with Gasteiger partial charge in [-0.25, -0.2) is 4.98 Å². The highest BCUT2D eigenvalue weighted by Crippen LogP contribution is 2.23. The summed E-state index contributed by atoms with van der Waals surface area (Å²) in [5.41, 5.74) is 1.80. The summed E-state index contributed by atoms with van der Waals surface area (Å²) in [6.07, 6.45) is 1.30. The smallest absolute Gasteiger partial charge is 0.254 e. The number of amides is 1. The molecular formula is C22H28N4O3. The van der Waals surface area contributed by atoms with Crippen molar-refractivity contribution in [1.82, 2.24) is 14.8 Å². The van der Waals surface area contributed by atoms with Crippen LogP contribution in [0.5, 0.6) is 5.75 Å². The summed E-state index contributed by atoms with van der Waals surface area (Å²) >= 11 is 0. The molecule has 1 N–H and O–H groups in total. The maximum Gasteiger partial charge on any atom is 0.254 e. The molecule has 0 unspecified atom stereocenters. The molecule has 154 valence electrons. The summed E-state index contributed by atoms with van der Waals surface area (Å²) in [6.45, 7) is 6.44. The average molecular weight is 396 g/mol. The van der Waals surface area contributed by atoms with Crippen molar-refractivity contribution in [3.8, 4) is 5.75 Å². The van der Waals surface area contributed by atoms with Crippen LogP contribution in [0.3, 0.4) is 0 Å². The van der Waals surface area contributed by atoms with Gasteiger partial charge in [-0.2, -0.15) is 0 Å². The minimum Gasteiger partial charge on any atom is -0.497 e. The molecule has 1 aromatic heterocycles. The highest BCUT2D eigenvalue weighted by atomic mass is 16.5. The second-order valence-corrected chi connectivity index (χ2v) is 7.74. The second kappa shape index (κ2) is 8.39. The Bertz CT molecular complexity index is 849. The number of benzene rings is 1. The minimum atomic E-state index is -0.527. The zero-order valence-corrected chi connectivity index (χ0v) is 17.0. The lowest BCUT2D eigenvalue weighted by molar-refractivity contribution is 0.0754. The van der Waals surface area contributed by atoms with Gasteiger partial charge in [0.25, 0.3) is 5.91 Å². The molecule has 1 amide bonds. The van der Waals surface area contributed by atoms with Crippen LogP contribution in [-0.4, -0.2) is 84.3 Å². The Morgan fingerprint density at radius 3 is 2.48 bits per heavy atom. The van der Waals surface area contributed by atoms with E-state index >= 15 is 0 Å². The summed E-state index contributed by atoms with van der Waals surface area (Å²) in [4.78, 5) is 23.7. The first-order chi connectivity index (χ1) is 14.1. The second-order valence-electron chi connectivity index (χ2n) is 7.74. The number of aliphatic hydroxyl groups is 1. The maximum atomic E-state index is 12.8. The van der Waals surface area contributed by atoms with Crippen molar-refractivity contribution >= 4 is 11.7 Å². The third-order valence-corrected chi connectivity index (χ3v) is 5.95. The zero-order valence-electron chi connectivity index (χ0n) is 17.0. The van der Waals surface area contributed by atoms with Crippen LogP contribution in [0.15, 0.2) is 42.6 Å². The van der Waals surface area contributed by atoms with Crippen LogP contribution in [-0.2, 0) is 0 Å². The van der Waals surface area contributed by atoms with Crippen molar-refractivity contribution in [2.75, 3.05) is 51.3 Å². The molecule has 2 aromatic rings. The van der Waals surface area contributed by atoms with Gasteiger partial charge in [-0.05, 0) is 42.8 Å². The molecule has 3 heterocycles. The van der Waals surface area contributed by atoms with Crippen molar-refractivity contribution in [3.05, 3.63) is 53.7 Å². The summed E-state index contributed by atoms with van der Waals surface area (Å²) in [5.74, 6) is 1.72. The van der Waals surface area contributed by atoms with E-state index in [0.29, 0.717) is 18.7 Å².